The highest BCUT2D eigenvalue weighted by Crippen LogP contribution is 2.31. The van der Waals surface area contributed by atoms with Crippen LogP contribution < -0.4 is 5.32 Å². The van der Waals surface area contributed by atoms with Crippen molar-refractivity contribution in [3.63, 3.8) is 0 Å². The van der Waals surface area contributed by atoms with Gasteiger partial charge in [0.2, 0.25) is 20.0 Å². The first-order valence-electron chi connectivity index (χ1n) is 22.2. The molecule has 16 heteroatoms. The van der Waals surface area contributed by atoms with Gasteiger partial charge in [-0.2, -0.15) is 18.8 Å². The molecule has 0 bridgehead atoms. The largest absolute Gasteiger partial charge is 0.368 e. The van der Waals surface area contributed by atoms with Gasteiger partial charge in [-0.3, -0.25) is 9.36 Å². The molecule has 4 aromatic carbocycles. The van der Waals surface area contributed by atoms with Gasteiger partial charge in [0.15, 0.2) is 11.0 Å². The Morgan fingerprint density at radius 2 is 1.05 bits per heavy atom. The fourth-order valence-corrected chi connectivity index (χ4v) is 11.7. The molecule has 63 heavy (non-hydrogen) atoms. The summed E-state index contributed by atoms with van der Waals surface area (Å²) in [6, 6.07) is 22.8. The lowest BCUT2D eigenvalue weighted by atomic mass is 9.89. The third-order valence-corrected chi connectivity index (χ3v) is 15.4. The van der Waals surface area contributed by atoms with Crippen LogP contribution in [0.15, 0.2) is 94.7 Å². The zero-order chi connectivity index (χ0) is 45.1. The lowest BCUT2D eigenvalue weighted by Crippen LogP contribution is -2.32. The molecule has 340 valence electrons. The SMILES string of the molecule is CCCN(CCC)S(=O)(=O)c1ccc2c(c1)c(Cl)nn2Cc1ccc(F)cc1.CCCN(CCC)S(=O)(=O)c1ccc2c(c1)c(NCC1CCCCC1)nn2Cc1ccc(F)cc1. The Labute approximate surface area is 376 Å². The van der Waals surface area contributed by atoms with Gasteiger partial charge in [-0.1, -0.05) is 82.8 Å². The predicted molar refractivity (Wildman–Crippen MR) is 249 cm³/mol. The second-order valence-electron chi connectivity index (χ2n) is 16.3. The van der Waals surface area contributed by atoms with Crippen LogP contribution in [0, 0.1) is 17.6 Å². The average molecular weight is 925 g/mol. The Hall–Kier alpha value is -4.41. The van der Waals surface area contributed by atoms with E-state index >= 15 is 0 Å². The van der Waals surface area contributed by atoms with Crippen molar-refractivity contribution >= 4 is 59.3 Å². The molecule has 0 aliphatic heterocycles. The second kappa shape index (κ2) is 22.0. The number of hydrogen-bond donors (Lipinski definition) is 1. The fourth-order valence-electron chi connectivity index (χ4n) is 8.13. The molecular formula is C47H60ClF2N7O4S2. The molecule has 11 nitrogen and oxygen atoms in total. The van der Waals surface area contributed by atoms with E-state index in [1.807, 2.05) is 38.4 Å². The molecule has 2 aromatic heterocycles. The Morgan fingerprint density at radius 3 is 1.51 bits per heavy atom. The molecular weight excluding hydrogens is 864 g/mol. The van der Waals surface area contributed by atoms with Crippen molar-refractivity contribution in [2.24, 2.45) is 5.92 Å². The van der Waals surface area contributed by atoms with E-state index in [-0.39, 0.29) is 21.7 Å². The van der Waals surface area contributed by atoms with Gasteiger partial charge in [-0.15, -0.1) is 0 Å². The molecule has 0 unspecified atom stereocenters. The molecule has 6 aromatic rings. The summed E-state index contributed by atoms with van der Waals surface area (Å²) in [5.41, 5.74) is 3.39. The minimum Gasteiger partial charge on any atom is -0.368 e. The van der Waals surface area contributed by atoms with Crippen LogP contribution in [0.3, 0.4) is 0 Å². The topological polar surface area (TPSA) is 122 Å². The molecule has 7 rings (SSSR count). The van der Waals surface area contributed by atoms with Crippen LogP contribution in [-0.2, 0) is 33.1 Å². The van der Waals surface area contributed by atoms with Crippen LogP contribution >= 0.6 is 11.6 Å². The number of hydrogen-bond acceptors (Lipinski definition) is 7. The van der Waals surface area contributed by atoms with Crippen LogP contribution in [0.5, 0.6) is 0 Å². The molecule has 1 saturated carbocycles. The molecule has 0 radical (unpaired) electrons. The Balaban J connectivity index is 0.000000215. The second-order valence-corrected chi connectivity index (χ2v) is 20.5. The van der Waals surface area contributed by atoms with Gasteiger partial charge in [-0.05, 0) is 116 Å². The van der Waals surface area contributed by atoms with Crippen molar-refractivity contribution in [1.82, 2.24) is 28.2 Å². The van der Waals surface area contributed by atoms with Crippen molar-refractivity contribution in [2.75, 3.05) is 38.0 Å². The van der Waals surface area contributed by atoms with Gasteiger partial charge in [0, 0.05) is 43.5 Å². The number of nitrogens with zero attached hydrogens (tertiary/aromatic N) is 6. The van der Waals surface area contributed by atoms with Crippen molar-refractivity contribution in [2.45, 2.75) is 108 Å². The van der Waals surface area contributed by atoms with Crippen molar-refractivity contribution < 1.29 is 25.6 Å². The standard InChI is InChI=1S/C27H37FN4O2S.C20H23ClFN3O2S/c1-3-16-31(17-4-2)35(33,34)24-14-15-26-25(18-24)27(29-19-21-8-6-5-7-9-21)30-32(26)20-22-10-12-23(28)13-11-22;1-3-11-24(12-4-2)28(26,27)17-9-10-19-18(13-17)20(21)23-25(19)14-15-5-7-16(22)8-6-15/h10-15,18,21H,3-9,16-17,19-20H2,1-2H3,(H,29,30);5-10,13H,3-4,11-12,14H2,1-2H3. The molecule has 1 aliphatic carbocycles. The number of benzene rings is 4. The number of anilines is 1. The monoisotopic (exact) mass is 923 g/mol. The minimum atomic E-state index is -3.60. The van der Waals surface area contributed by atoms with E-state index < -0.39 is 20.0 Å². The summed E-state index contributed by atoms with van der Waals surface area (Å²) in [4.78, 5) is 0.513. The maximum Gasteiger partial charge on any atom is 0.243 e. The number of halogens is 3. The van der Waals surface area contributed by atoms with E-state index in [1.54, 1.807) is 63.6 Å². The Bertz CT molecular complexity index is 2640. The smallest absolute Gasteiger partial charge is 0.243 e. The predicted octanol–water partition coefficient (Wildman–Crippen LogP) is 10.7. The van der Waals surface area contributed by atoms with Gasteiger partial charge in [0.25, 0.3) is 0 Å². The molecule has 1 N–H and O–H groups in total. The third kappa shape index (κ3) is 11.8. The summed E-state index contributed by atoms with van der Waals surface area (Å²) in [6.45, 7) is 11.6. The number of aromatic nitrogens is 4. The van der Waals surface area contributed by atoms with E-state index in [4.69, 9.17) is 16.7 Å². The van der Waals surface area contributed by atoms with Crippen LogP contribution in [0.25, 0.3) is 21.8 Å². The molecule has 0 atom stereocenters. The Kier molecular flexibility index (Phi) is 16.8. The summed E-state index contributed by atoms with van der Waals surface area (Å²) in [5.74, 6) is 0.748. The van der Waals surface area contributed by atoms with Crippen LogP contribution in [0.4, 0.5) is 14.6 Å². The first kappa shape index (κ1) is 48.1. The first-order chi connectivity index (χ1) is 30.3. The fraction of sp³-hybridized carbons (Fsp3) is 0.447. The summed E-state index contributed by atoms with van der Waals surface area (Å²) in [6.07, 6.45) is 9.29. The lowest BCUT2D eigenvalue weighted by Gasteiger charge is -2.22. The number of rotatable bonds is 19. The zero-order valence-corrected chi connectivity index (χ0v) is 39.1. The highest BCUT2D eigenvalue weighted by molar-refractivity contribution is 7.89. The van der Waals surface area contributed by atoms with E-state index in [1.165, 1.54) is 60.7 Å². The van der Waals surface area contributed by atoms with Gasteiger partial charge in [-0.25, -0.2) is 25.6 Å². The third-order valence-electron chi connectivity index (χ3n) is 11.3. The van der Waals surface area contributed by atoms with Crippen LogP contribution in [0.2, 0.25) is 5.15 Å². The number of sulfonamides is 2. The summed E-state index contributed by atoms with van der Waals surface area (Å²) >= 11 is 6.29. The van der Waals surface area contributed by atoms with Crippen LogP contribution in [0.1, 0.15) is 96.6 Å². The zero-order valence-electron chi connectivity index (χ0n) is 36.7. The van der Waals surface area contributed by atoms with E-state index in [2.05, 4.69) is 10.4 Å². The highest BCUT2D eigenvalue weighted by Gasteiger charge is 2.26. The molecule has 1 aliphatic rings. The average Bonchev–Trinajstić information content (AvgIpc) is 3.79. The van der Waals surface area contributed by atoms with Crippen molar-refractivity contribution in [3.8, 4) is 0 Å². The van der Waals surface area contributed by atoms with E-state index in [0.29, 0.717) is 61.3 Å². The molecule has 1 fully saturated rings. The van der Waals surface area contributed by atoms with E-state index in [9.17, 15) is 25.6 Å². The Morgan fingerprint density at radius 1 is 0.619 bits per heavy atom. The van der Waals surface area contributed by atoms with Gasteiger partial charge >= 0.3 is 0 Å². The quantitative estimate of drug-likeness (QED) is 0.0858. The van der Waals surface area contributed by atoms with E-state index in [0.717, 1.165) is 59.8 Å². The minimum absolute atomic E-state index is 0.213. The van der Waals surface area contributed by atoms with Gasteiger partial charge < -0.3 is 5.32 Å². The first-order valence-corrected chi connectivity index (χ1v) is 25.4. The van der Waals surface area contributed by atoms with Crippen LogP contribution in [-0.4, -0.2) is 77.7 Å². The number of fused-ring (bicyclic) bond motifs is 2. The van der Waals surface area contributed by atoms with Gasteiger partial charge in [0.1, 0.15) is 11.6 Å². The highest BCUT2D eigenvalue weighted by atomic mass is 35.5. The normalized spacial score (nSPS) is 13.9. The summed E-state index contributed by atoms with van der Waals surface area (Å²) in [7, 11) is -7.19. The summed E-state index contributed by atoms with van der Waals surface area (Å²) < 4.78 is 86.1. The maximum atomic E-state index is 13.4. The number of nitrogens with one attached hydrogen (secondary N) is 1. The lowest BCUT2D eigenvalue weighted by molar-refractivity contribution is 0.373. The van der Waals surface area contributed by atoms with Crippen molar-refractivity contribution in [3.05, 3.63) is 113 Å². The molecule has 0 saturated heterocycles. The van der Waals surface area contributed by atoms with Crippen molar-refractivity contribution in [1.29, 1.82) is 0 Å². The van der Waals surface area contributed by atoms with Gasteiger partial charge in [0.05, 0.1) is 33.9 Å². The molecule has 2 heterocycles. The maximum absolute atomic E-state index is 13.4. The molecule has 0 amide bonds. The molecule has 0 spiro atoms. The summed E-state index contributed by atoms with van der Waals surface area (Å²) in [5, 5.41) is 14.3.